The number of aromatic nitrogens is 7. The fraction of sp³-hybridized carbons (Fsp3) is 0.462. The van der Waals surface area contributed by atoms with Crippen LogP contribution >= 0.6 is 0 Å². The number of hydrogen-bond acceptors (Lipinski definition) is 10. The van der Waals surface area contributed by atoms with Gasteiger partial charge in [-0.3, -0.25) is 9.48 Å². The van der Waals surface area contributed by atoms with Gasteiger partial charge in [0.2, 0.25) is 11.8 Å². The van der Waals surface area contributed by atoms with Gasteiger partial charge in [-0.05, 0) is 13.0 Å². The van der Waals surface area contributed by atoms with Crippen LogP contribution in [0.2, 0.25) is 0 Å². The monoisotopic (exact) mass is 530 g/mol. The van der Waals surface area contributed by atoms with E-state index in [2.05, 4.69) is 37.2 Å². The van der Waals surface area contributed by atoms with Crippen molar-refractivity contribution >= 4 is 34.3 Å². The van der Waals surface area contributed by atoms with Crippen LogP contribution in [-0.4, -0.2) is 91.3 Å². The molecule has 1 N–H and O–H groups in total. The van der Waals surface area contributed by atoms with Crippen molar-refractivity contribution in [2.24, 2.45) is 13.0 Å². The maximum atomic E-state index is 13.0. The fourth-order valence-electron chi connectivity index (χ4n) is 5.39. The van der Waals surface area contributed by atoms with Gasteiger partial charge < -0.3 is 24.6 Å². The molecule has 0 aliphatic carbocycles. The van der Waals surface area contributed by atoms with E-state index >= 15 is 0 Å². The molecule has 39 heavy (non-hydrogen) atoms. The number of aryl methyl sites for hydroxylation is 1. The molecule has 7 heterocycles. The molecule has 0 saturated carbocycles. The molecule has 1 atom stereocenters. The summed E-state index contributed by atoms with van der Waals surface area (Å²) < 4.78 is 15.3. The van der Waals surface area contributed by atoms with Gasteiger partial charge in [-0.15, -0.1) is 0 Å². The van der Waals surface area contributed by atoms with E-state index in [1.54, 1.807) is 23.1 Å². The first-order valence-electron chi connectivity index (χ1n) is 13.3. The molecule has 0 spiro atoms. The first kappa shape index (κ1) is 23.8. The number of nitrogens with zero attached hydrogens (tertiary/aromatic N) is 9. The molecule has 2 fully saturated rings. The summed E-state index contributed by atoms with van der Waals surface area (Å²) in [7, 11) is 1.84. The number of ether oxygens (including phenoxy) is 2. The SMILES string of the molecule is CC1CCOc2c(cnn2C)-c2nccc(n2)Nc2cc3c(cn2)c(N2CC(C(=O)N4CCOCC4)C2)nn31. The number of amides is 1. The molecule has 1 amide bonds. The lowest BCUT2D eigenvalue weighted by Gasteiger charge is -2.41. The molecule has 0 aromatic carbocycles. The van der Waals surface area contributed by atoms with Gasteiger partial charge in [0.15, 0.2) is 11.6 Å². The van der Waals surface area contributed by atoms with Crippen LogP contribution in [0.5, 0.6) is 5.88 Å². The summed E-state index contributed by atoms with van der Waals surface area (Å²) in [6.45, 7) is 6.45. The van der Waals surface area contributed by atoms with E-state index in [9.17, 15) is 4.79 Å². The highest BCUT2D eigenvalue weighted by Crippen LogP contribution is 2.35. The van der Waals surface area contributed by atoms with Gasteiger partial charge >= 0.3 is 0 Å². The molecular formula is C26H30N10O3. The second-order valence-electron chi connectivity index (χ2n) is 10.3. The largest absolute Gasteiger partial charge is 0.477 e. The standard InChI is InChI=1S/C26H30N10O3/c1-16-4-8-39-26-19(13-29-33(26)2)23-27-5-3-21(31-23)30-22-11-20-18(12-28-22)24(32-36(16)20)35-14-17(15-35)25(37)34-6-9-38-10-7-34/h3,5,11-13,16-17H,4,6-10,14-15H2,1-2H3,(H,27,28,30,31). The zero-order valence-electron chi connectivity index (χ0n) is 21.9. The first-order chi connectivity index (χ1) is 19.0. The van der Waals surface area contributed by atoms with E-state index in [-0.39, 0.29) is 17.9 Å². The maximum absolute atomic E-state index is 13.0. The third kappa shape index (κ3) is 4.22. The number of carbonyl (C=O) groups excluding carboxylic acids is 1. The van der Waals surface area contributed by atoms with E-state index in [0.717, 1.165) is 28.7 Å². The minimum absolute atomic E-state index is 0.0234. The van der Waals surface area contributed by atoms with Crippen molar-refractivity contribution in [3.05, 3.63) is 30.7 Å². The minimum atomic E-state index is -0.0234. The predicted molar refractivity (Wildman–Crippen MR) is 143 cm³/mol. The molecule has 1 unspecified atom stereocenters. The summed E-state index contributed by atoms with van der Waals surface area (Å²) in [6.07, 6.45) is 6.00. The van der Waals surface area contributed by atoms with Crippen LogP contribution < -0.4 is 15.0 Å². The van der Waals surface area contributed by atoms with Crippen LogP contribution in [0, 0.1) is 5.92 Å². The number of rotatable bonds is 2. The third-order valence-corrected chi connectivity index (χ3v) is 7.65. The highest BCUT2D eigenvalue weighted by molar-refractivity contribution is 5.93. The Hall–Kier alpha value is -4.26. The lowest BCUT2D eigenvalue weighted by atomic mass is 9.98. The number of morpholine rings is 1. The highest BCUT2D eigenvalue weighted by Gasteiger charge is 2.38. The van der Waals surface area contributed by atoms with Gasteiger partial charge in [0.05, 0.1) is 48.9 Å². The van der Waals surface area contributed by atoms with Crippen LogP contribution in [0.1, 0.15) is 19.4 Å². The Balaban J connectivity index is 1.20. The molecule has 0 radical (unpaired) electrons. The number of anilines is 3. The smallest absolute Gasteiger partial charge is 0.229 e. The average Bonchev–Trinajstić information content (AvgIpc) is 3.48. The van der Waals surface area contributed by atoms with Crippen molar-refractivity contribution in [3.8, 4) is 17.3 Å². The second-order valence-corrected chi connectivity index (χ2v) is 10.3. The molecular weight excluding hydrogens is 500 g/mol. The van der Waals surface area contributed by atoms with E-state index in [1.807, 2.05) is 28.9 Å². The van der Waals surface area contributed by atoms with Crippen LogP contribution in [0.15, 0.2) is 30.7 Å². The van der Waals surface area contributed by atoms with Gasteiger partial charge in [0.25, 0.3) is 0 Å². The van der Waals surface area contributed by atoms with E-state index < -0.39 is 0 Å². The number of hydrogen-bond donors (Lipinski definition) is 1. The average molecular weight is 531 g/mol. The molecule has 13 heteroatoms. The Morgan fingerprint density at radius 2 is 1.95 bits per heavy atom. The van der Waals surface area contributed by atoms with Gasteiger partial charge in [-0.2, -0.15) is 10.2 Å². The topological polar surface area (TPSA) is 128 Å². The molecule has 4 aromatic rings. The van der Waals surface area contributed by atoms with Crippen molar-refractivity contribution < 1.29 is 14.3 Å². The summed E-state index contributed by atoms with van der Waals surface area (Å²) >= 11 is 0. The first-order valence-corrected chi connectivity index (χ1v) is 13.3. The van der Waals surface area contributed by atoms with Crippen molar-refractivity contribution in [1.82, 2.24) is 39.4 Å². The van der Waals surface area contributed by atoms with Crippen molar-refractivity contribution in [2.45, 2.75) is 19.4 Å². The summed E-state index contributed by atoms with van der Waals surface area (Å²) in [6, 6.07) is 3.86. The minimum Gasteiger partial charge on any atom is -0.477 e. The molecule has 3 aliphatic heterocycles. The zero-order valence-corrected chi connectivity index (χ0v) is 21.9. The maximum Gasteiger partial charge on any atom is 0.229 e. The summed E-state index contributed by atoms with van der Waals surface area (Å²) in [5.74, 6) is 3.46. The fourth-order valence-corrected chi connectivity index (χ4v) is 5.39. The predicted octanol–water partition coefficient (Wildman–Crippen LogP) is 2.00. The molecule has 13 nitrogen and oxygen atoms in total. The van der Waals surface area contributed by atoms with Gasteiger partial charge in [-0.25, -0.2) is 19.6 Å². The molecule has 4 bridgehead atoms. The Labute approximate surface area is 224 Å². The van der Waals surface area contributed by atoms with Gasteiger partial charge in [-0.1, -0.05) is 0 Å². The summed E-state index contributed by atoms with van der Waals surface area (Å²) in [5.41, 5.74) is 1.70. The Morgan fingerprint density at radius 1 is 1.10 bits per heavy atom. The number of pyridine rings is 1. The van der Waals surface area contributed by atoms with Crippen molar-refractivity contribution in [3.63, 3.8) is 0 Å². The molecule has 202 valence electrons. The van der Waals surface area contributed by atoms with E-state index in [4.69, 9.17) is 14.6 Å². The Bertz CT molecular complexity index is 1540. The van der Waals surface area contributed by atoms with Crippen LogP contribution in [0.4, 0.5) is 17.5 Å². The van der Waals surface area contributed by atoms with Crippen LogP contribution in [-0.2, 0) is 16.6 Å². The molecule has 3 aliphatic rings. The highest BCUT2D eigenvalue weighted by atomic mass is 16.5. The second kappa shape index (κ2) is 9.49. The molecule has 7 rings (SSSR count). The van der Waals surface area contributed by atoms with E-state index in [1.165, 1.54) is 0 Å². The normalized spacial score (nSPS) is 19.7. The van der Waals surface area contributed by atoms with Crippen LogP contribution in [0.3, 0.4) is 0 Å². The lowest BCUT2D eigenvalue weighted by molar-refractivity contribution is -0.140. The third-order valence-electron chi connectivity index (χ3n) is 7.65. The molecule has 4 aromatic heterocycles. The van der Waals surface area contributed by atoms with Crippen molar-refractivity contribution in [2.75, 3.05) is 56.2 Å². The summed E-state index contributed by atoms with van der Waals surface area (Å²) in [4.78, 5) is 30.9. The number of carbonyl (C=O) groups is 1. The summed E-state index contributed by atoms with van der Waals surface area (Å²) in [5, 5.41) is 13.7. The number of fused-ring (bicyclic) bond motifs is 5. The van der Waals surface area contributed by atoms with Gasteiger partial charge in [0.1, 0.15) is 17.2 Å². The number of nitrogens with one attached hydrogen (secondary N) is 1. The molecule has 2 saturated heterocycles. The van der Waals surface area contributed by atoms with E-state index in [0.29, 0.717) is 69.3 Å². The van der Waals surface area contributed by atoms with Crippen molar-refractivity contribution in [1.29, 1.82) is 0 Å². The van der Waals surface area contributed by atoms with Crippen LogP contribution in [0.25, 0.3) is 22.3 Å². The Morgan fingerprint density at radius 3 is 2.79 bits per heavy atom. The Kier molecular flexibility index (Phi) is 5.80. The lowest BCUT2D eigenvalue weighted by Crippen LogP contribution is -2.56. The van der Waals surface area contributed by atoms with Gasteiger partial charge in [0, 0.05) is 58.1 Å². The quantitative estimate of drug-likeness (QED) is 0.411. The zero-order chi connectivity index (χ0) is 26.5.